The van der Waals surface area contributed by atoms with E-state index < -0.39 is 12.4 Å². The summed E-state index contributed by atoms with van der Waals surface area (Å²) in [6, 6.07) is 10.5. The van der Waals surface area contributed by atoms with E-state index in [9.17, 15) is 5.11 Å². The van der Waals surface area contributed by atoms with Gasteiger partial charge in [0.15, 0.2) is 0 Å². The molecule has 1 aromatic carbocycles. The molecule has 150 valence electrons. The second kappa shape index (κ2) is 8.91. The smallest absolute Gasteiger partial charge is 0.0985 e. The Morgan fingerprint density at radius 2 is 1.78 bits per heavy atom. The van der Waals surface area contributed by atoms with Crippen LogP contribution in [0.2, 0.25) is 0 Å². The third kappa shape index (κ3) is 4.27. The highest BCUT2D eigenvalue weighted by Crippen LogP contribution is 2.78. The van der Waals surface area contributed by atoms with Crippen LogP contribution in [0.5, 0.6) is 0 Å². The molecule has 0 aromatic heterocycles. The molecule has 0 spiro atoms. The molecule has 3 rings (SSSR count). The lowest BCUT2D eigenvalue weighted by Gasteiger charge is -2.36. The van der Waals surface area contributed by atoms with Crippen molar-refractivity contribution in [3.05, 3.63) is 41.5 Å². The van der Waals surface area contributed by atoms with E-state index in [2.05, 4.69) is 45.0 Å². The van der Waals surface area contributed by atoms with Gasteiger partial charge in [0.05, 0.1) is 18.5 Å². The number of unbranched alkanes of at least 4 members (excludes halogenated alkanes) is 6. The first-order valence-corrected chi connectivity index (χ1v) is 13.6. The maximum absolute atomic E-state index is 10.9. The molecule has 2 aliphatic heterocycles. The van der Waals surface area contributed by atoms with Crippen LogP contribution < -0.4 is 0 Å². The minimum absolute atomic E-state index is 0.110. The molecule has 2 nitrogen and oxygen atoms in total. The topological polar surface area (TPSA) is 29.5 Å². The van der Waals surface area contributed by atoms with Gasteiger partial charge in [-0.25, -0.2) is 0 Å². The van der Waals surface area contributed by atoms with Crippen molar-refractivity contribution in [1.29, 1.82) is 0 Å². The summed E-state index contributed by atoms with van der Waals surface area (Å²) < 4.78 is 6.48. The SMILES string of the molecule is CCCCCCCCCC(O)C1OP2(=S)CC1(C)C(C)=C2c1ccccc1. The van der Waals surface area contributed by atoms with E-state index in [0.29, 0.717) is 0 Å². The van der Waals surface area contributed by atoms with Crippen molar-refractivity contribution >= 4 is 23.4 Å². The average molecular weight is 407 g/mol. The minimum atomic E-state index is -2.04. The van der Waals surface area contributed by atoms with Crippen molar-refractivity contribution in [3.63, 3.8) is 0 Å². The maximum Gasteiger partial charge on any atom is 0.0985 e. The second-order valence-corrected chi connectivity index (χ2v) is 12.7. The summed E-state index contributed by atoms with van der Waals surface area (Å²) in [5.74, 6) is 0. The first-order chi connectivity index (χ1) is 12.9. The molecule has 2 heterocycles. The molecule has 4 heteroatoms. The van der Waals surface area contributed by atoms with Gasteiger partial charge in [0.25, 0.3) is 0 Å². The van der Waals surface area contributed by atoms with Gasteiger partial charge in [-0.15, -0.1) is 0 Å². The summed E-state index contributed by atoms with van der Waals surface area (Å²) in [5, 5.41) is 12.2. The minimum Gasteiger partial charge on any atom is -0.390 e. The van der Waals surface area contributed by atoms with E-state index in [0.717, 1.165) is 19.0 Å². The molecule has 4 unspecified atom stereocenters. The van der Waals surface area contributed by atoms with Gasteiger partial charge in [-0.1, -0.05) is 107 Å². The second-order valence-electron chi connectivity index (χ2n) is 8.59. The Bertz CT molecular complexity index is 714. The average Bonchev–Trinajstić information content (AvgIpc) is 3.04. The summed E-state index contributed by atoms with van der Waals surface area (Å²) in [5.41, 5.74) is 2.45. The van der Waals surface area contributed by atoms with Crippen molar-refractivity contribution < 1.29 is 9.63 Å². The first-order valence-electron chi connectivity index (χ1n) is 10.7. The van der Waals surface area contributed by atoms with Crippen LogP contribution in [0.1, 0.15) is 77.7 Å². The summed E-state index contributed by atoms with van der Waals surface area (Å²) in [7, 11) is 0. The lowest BCUT2D eigenvalue weighted by Crippen LogP contribution is -2.41. The third-order valence-corrected chi connectivity index (χ3v) is 10.6. The Morgan fingerprint density at radius 1 is 1.15 bits per heavy atom. The zero-order valence-corrected chi connectivity index (χ0v) is 18.8. The molecule has 0 aliphatic carbocycles. The van der Waals surface area contributed by atoms with E-state index >= 15 is 0 Å². The monoisotopic (exact) mass is 406 g/mol. The first kappa shape index (κ1) is 21.2. The highest BCUT2D eigenvalue weighted by atomic mass is 32.4. The van der Waals surface area contributed by atoms with E-state index in [4.69, 9.17) is 16.3 Å². The molecule has 1 aromatic rings. The number of hydrogen-bond donors (Lipinski definition) is 1. The number of aliphatic hydroxyl groups is 1. The van der Waals surface area contributed by atoms with Gasteiger partial charge in [0.2, 0.25) is 0 Å². The standard InChI is InChI=1S/C23H35O2PS/c1-4-5-6-7-8-9-13-16-20(24)22-23(3)17-26(27,25-22)21(18(23)2)19-14-11-10-12-15-19/h10-12,14-15,20,22,24H,4-9,13,16-17H2,1-3H3. The van der Waals surface area contributed by atoms with Gasteiger partial charge in [-0.2, -0.15) is 0 Å². The highest BCUT2D eigenvalue weighted by molar-refractivity contribution is 8.17. The van der Waals surface area contributed by atoms with Crippen LogP contribution in [0.3, 0.4) is 0 Å². The number of rotatable bonds is 10. The molecular formula is C23H35O2PS. The number of benzene rings is 1. The summed E-state index contributed by atoms with van der Waals surface area (Å²) >= 11 is 6.07. The van der Waals surface area contributed by atoms with E-state index in [-0.39, 0.29) is 11.5 Å². The molecule has 1 saturated heterocycles. The highest BCUT2D eigenvalue weighted by Gasteiger charge is 2.59. The molecule has 1 N–H and O–H groups in total. The van der Waals surface area contributed by atoms with E-state index in [1.54, 1.807) is 0 Å². The van der Waals surface area contributed by atoms with Crippen molar-refractivity contribution in [1.82, 2.24) is 0 Å². The molecule has 2 aliphatic rings. The molecule has 27 heavy (non-hydrogen) atoms. The Kier molecular flexibility index (Phi) is 7.01. The van der Waals surface area contributed by atoms with Crippen LogP contribution >= 0.6 is 6.26 Å². The van der Waals surface area contributed by atoms with Crippen molar-refractivity contribution in [2.45, 2.75) is 84.3 Å². The van der Waals surface area contributed by atoms with E-state index in [1.807, 2.05) is 6.07 Å². The largest absolute Gasteiger partial charge is 0.390 e. The molecule has 2 bridgehead atoms. The predicted molar refractivity (Wildman–Crippen MR) is 120 cm³/mol. The summed E-state index contributed by atoms with van der Waals surface area (Å²) in [6.45, 7) is 6.72. The maximum atomic E-state index is 10.9. The zero-order valence-electron chi connectivity index (χ0n) is 17.1. The summed E-state index contributed by atoms with van der Waals surface area (Å²) in [4.78, 5) is 0. The van der Waals surface area contributed by atoms with Crippen LogP contribution in [0, 0.1) is 5.41 Å². The van der Waals surface area contributed by atoms with Crippen molar-refractivity contribution in [2.24, 2.45) is 5.41 Å². The quantitative estimate of drug-likeness (QED) is 0.345. The molecule has 0 amide bonds. The van der Waals surface area contributed by atoms with Gasteiger partial charge in [0, 0.05) is 16.9 Å². The zero-order chi connectivity index (χ0) is 19.5. The van der Waals surface area contributed by atoms with Crippen LogP contribution in [0.4, 0.5) is 0 Å². The van der Waals surface area contributed by atoms with Crippen LogP contribution in [0.25, 0.3) is 5.31 Å². The Labute approximate surface area is 170 Å². The van der Waals surface area contributed by atoms with Crippen LogP contribution in [0.15, 0.2) is 35.9 Å². The van der Waals surface area contributed by atoms with Gasteiger partial charge >= 0.3 is 0 Å². The fraction of sp³-hybridized carbons (Fsp3) is 0.652. The molecule has 1 fully saturated rings. The van der Waals surface area contributed by atoms with Gasteiger partial charge in [-0.3, -0.25) is 0 Å². The van der Waals surface area contributed by atoms with Crippen molar-refractivity contribution in [2.75, 3.05) is 6.16 Å². The molecule has 0 saturated carbocycles. The lowest BCUT2D eigenvalue weighted by atomic mass is 9.76. The molecule has 0 radical (unpaired) electrons. The van der Waals surface area contributed by atoms with Gasteiger partial charge in [0.1, 0.15) is 0 Å². The molecular weight excluding hydrogens is 371 g/mol. The fourth-order valence-electron chi connectivity index (χ4n) is 4.82. The van der Waals surface area contributed by atoms with Crippen LogP contribution in [-0.4, -0.2) is 23.5 Å². The van der Waals surface area contributed by atoms with E-state index in [1.165, 1.54) is 55.0 Å². The van der Waals surface area contributed by atoms with Crippen molar-refractivity contribution in [3.8, 4) is 0 Å². The fourth-order valence-corrected chi connectivity index (χ4v) is 10.3. The Morgan fingerprint density at radius 3 is 2.41 bits per heavy atom. The molecule has 4 atom stereocenters. The predicted octanol–water partition coefficient (Wildman–Crippen LogP) is 6.73. The number of hydrogen-bond acceptors (Lipinski definition) is 3. The lowest BCUT2D eigenvalue weighted by molar-refractivity contribution is -0.00153. The van der Waals surface area contributed by atoms with Gasteiger partial charge < -0.3 is 9.63 Å². The Balaban J connectivity index is 1.62. The number of aliphatic hydroxyl groups excluding tert-OH is 1. The summed E-state index contributed by atoms with van der Waals surface area (Å²) in [6.07, 6.45) is 8.05. The van der Waals surface area contributed by atoms with Gasteiger partial charge in [-0.05, 0) is 18.9 Å². The normalized spacial score (nSPS) is 30.9. The number of fused-ring (bicyclic) bond motifs is 2. The Hall–Kier alpha value is -0.470. The van der Waals surface area contributed by atoms with Crippen LogP contribution in [-0.2, 0) is 16.3 Å². The third-order valence-electron chi connectivity index (χ3n) is 6.50.